The number of benzene rings is 1. The van der Waals surface area contributed by atoms with Crippen molar-refractivity contribution in [2.24, 2.45) is 0 Å². The standard InChI is InChI=1S/C18H20BrN3O3S2/c19-14-9-8-12(27(24,25)22-11-6-7-11)10-13(14)17(23)21-18-20-15-4-2-1-3-5-16(15)26-18/h8-11,22H,1-7H2,(H,20,21,23). The highest BCUT2D eigenvalue weighted by atomic mass is 79.9. The molecule has 0 bridgehead atoms. The number of aromatic nitrogens is 1. The fourth-order valence-corrected chi connectivity index (χ4v) is 5.88. The molecule has 0 saturated heterocycles. The van der Waals surface area contributed by atoms with Gasteiger partial charge in [0.2, 0.25) is 10.0 Å². The summed E-state index contributed by atoms with van der Waals surface area (Å²) in [6, 6.07) is 4.51. The van der Waals surface area contributed by atoms with Gasteiger partial charge in [-0.3, -0.25) is 10.1 Å². The van der Waals surface area contributed by atoms with E-state index in [-0.39, 0.29) is 22.4 Å². The number of thiazole rings is 1. The van der Waals surface area contributed by atoms with E-state index < -0.39 is 10.0 Å². The van der Waals surface area contributed by atoms with Crippen LogP contribution in [0.1, 0.15) is 53.0 Å². The van der Waals surface area contributed by atoms with Crippen LogP contribution < -0.4 is 10.0 Å². The monoisotopic (exact) mass is 469 g/mol. The molecule has 1 heterocycles. The van der Waals surface area contributed by atoms with E-state index in [2.05, 4.69) is 31.0 Å². The van der Waals surface area contributed by atoms with Crippen LogP contribution in [0.5, 0.6) is 0 Å². The Balaban J connectivity index is 1.55. The van der Waals surface area contributed by atoms with Gasteiger partial charge in [0.05, 0.1) is 16.2 Å². The van der Waals surface area contributed by atoms with Crippen LogP contribution in [0, 0.1) is 0 Å². The highest BCUT2D eigenvalue weighted by Gasteiger charge is 2.28. The van der Waals surface area contributed by atoms with Crippen LogP contribution in [0.15, 0.2) is 27.6 Å². The van der Waals surface area contributed by atoms with E-state index in [9.17, 15) is 13.2 Å². The lowest BCUT2D eigenvalue weighted by atomic mass is 10.2. The SMILES string of the molecule is O=C(Nc1nc2c(s1)CCCCC2)c1cc(S(=O)(=O)NC2CC2)ccc1Br. The van der Waals surface area contributed by atoms with Crippen LogP contribution in [0.25, 0.3) is 0 Å². The molecule has 27 heavy (non-hydrogen) atoms. The predicted molar refractivity (Wildman–Crippen MR) is 109 cm³/mol. The summed E-state index contributed by atoms with van der Waals surface area (Å²) in [6.07, 6.45) is 7.17. The molecule has 2 N–H and O–H groups in total. The molecule has 1 saturated carbocycles. The number of hydrogen-bond acceptors (Lipinski definition) is 5. The number of nitrogens with zero attached hydrogens (tertiary/aromatic N) is 1. The Labute approximate surface area is 171 Å². The maximum absolute atomic E-state index is 12.7. The number of anilines is 1. The number of carbonyl (C=O) groups is 1. The average molecular weight is 470 g/mol. The fourth-order valence-electron chi connectivity index (χ4n) is 3.08. The second kappa shape index (κ2) is 7.62. The molecule has 2 aliphatic carbocycles. The van der Waals surface area contributed by atoms with Crippen molar-refractivity contribution in [3.05, 3.63) is 38.8 Å². The van der Waals surface area contributed by atoms with E-state index in [0.717, 1.165) is 44.2 Å². The van der Waals surface area contributed by atoms with Crippen LogP contribution in [0.3, 0.4) is 0 Å². The topological polar surface area (TPSA) is 88.2 Å². The largest absolute Gasteiger partial charge is 0.298 e. The van der Waals surface area contributed by atoms with Crippen LogP contribution >= 0.6 is 27.3 Å². The van der Waals surface area contributed by atoms with Gasteiger partial charge < -0.3 is 0 Å². The van der Waals surface area contributed by atoms with Gasteiger partial charge >= 0.3 is 0 Å². The van der Waals surface area contributed by atoms with Gasteiger partial charge in [0.1, 0.15) is 0 Å². The normalized spacial score (nSPS) is 17.2. The molecule has 1 fully saturated rings. The van der Waals surface area contributed by atoms with Crippen LogP contribution in [-0.4, -0.2) is 25.4 Å². The number of sulfonamides is 1. The molecule has 0 spiro atoms. The lowest BCUT2D eigenvalue weighted by molar-refractivity contribution is 0.102. The fraction of sp³-hybridized carbons (Fsp3) is 0.444. The van der Waals surface area contributed by atoms with Gasteiger partial charge in [0.15, 0.2) is 5.13 Å². The van der Waals surface area contributed by atoms with Gasteiger partial charge in [-0.15, -0.1) is 11.3 Å². The number of rotatable bonds is 5. The first kappa shape index (κ1) is 19.0. The number of aryl methyl sites for hydroxylation is 2. The van der Waals surface area contributed by atoms with Gasteiger partial charge in [0, 0.05) is 15.4 Å². The number of fused-ring (bicyclic) bond motifs is 1. The molecular weight excluding hydrogens is 450 g/mol. The highest BCUT2D eigenvalue weighted by molar-refractivity contribution is 9.10. The van der Waals surface area contributed by atoms with Crippen molar-refractivity contribution in [1.82, 2.24) is 9.71 Å². The summed E-state index contributed by atoms with van der Waals surface area (Å²) in [5.41, 5.74) is 1.36. The Hall–Kier alpha value is -1.29. The molecule has 0 unspecified atom stereocenters. The van der Waals surface area contributed by atoms with Crippen molar-refractivity contribution in [3.8, 4) is 0 Å². The Kier molecular flexibility index (Phi) is 5.37. The third-order valence-electron chi connectivity index (χ3n) is 4.71. The maximum Gasteiger partial charge on any atom is 0.258 e. The first-order valence-electron chi connectivity index (χ1n) is 9.04. The molecule has 2 aromatic rings. The second-order valence-corrected chi connectivity index (χ2v) is 10.6. The van der Waals surface area contributed by atoms with Crippen LogP contribution in [0.2, 0.25) is 0 Å². The zero-order valence-corrected chi connectivity index (χ0v) is 17.8. The minimum atomic E-state index is -3.61. The molecule has 4 rings (SSSR count). The Bertz CT molecular complexity index is 960. The lowest BCUT2D eigenvalue weighted by Gasteiger charge is -2.09. The quantitative estimate of drug-likeness (QED) is 0.650. The summed E-state index contributed by atoms with van der Waals surface area (Å²) in [6.45, 7) is 0. The minimum absolute atomic E-state index is 0.0154. The van der Waals surface area contributed by atoms with Crippen molar-refractivity contribution in [2.75, 3.05) is 5.32 Å². The van der Waals surface area contributed by atoms with Crippen LogP contribution in [0.4, 0.5) is 5.13 Å². The third-order valence-corrected chi connectivity index (χ3v) is 7.99. The maximum atomic E-state index is 12.7. The average Bonchev–Trinajstić information content (AvgIpc) is 3.38. The molecule has 1 aromatic carbocycles. The molecule has 9 heteroatoms. The molecule has 0 radical (unpaired) electrons. The van der Waals surface area contributed by atoms with Crippen molar-refractivity contribution in [3.63, 3.8) is 0 Å². The minimum Gasteiger partial charge on any atom is -0.298 e. The van der Waals surface area contributed by atoms with Crippen LogP contribution in [-0.2, 0) is 22.9 Å². The predicted octanol–water partition coefficient (Wildman–Crippen LogP) is 3.87. The van der Waals surface area contributed by atoms with E-state index in [1.165, 1.54) is 34.8 Å². The smallest absolute Gasteiger partial charge is 0.258 e. The highest BCUT2D eigenvalue weighted by Crippen LogP contribution is 2.30. The van der Waals surface area contributed by atoms with E-state index >= 15 is 0 Å². The van der Waals surface area contributed by atoms with E-state index in [4.69, 9.17) is 0 Å². The summed E-state index contributed by atoms with van der Waals surface area (Å²) in [4.78, 5) is 18.6. The van der Waals surface area contributed by atoms with E-state index in [1.54, 1.807) is 6.07 Å². The molecule has 2 aliphatic rings. The number of nitrogens with one attached hydrogen (secondary N) is 2. The zero-order valence-electron chi connectivity index (χ0n) is 14.6. The van der Waals surface area contributed by atoms with Gasteiger partial charge in [-0.05, 0) is 72.7 Å². The summed E-state index contributed by atoms with van der Waals surface area (Å²) in [5, 5.41) is 3.40. The molecular formula is C18H20BrN3O3S2. The van der Waals surface area contributed by atoms with Crippen molar-refractivity contribution in [2.45, 2.75) is 55.9 Å². The number of amides is 1. The number of halogens is 1. The molecule has 6 nitrogen and oxygen atoms in total. The van der Waals surface area contributed by atoms with Crippen molar-refractivity contribution in [1.29, 1.82) is 0 Å². The van der Waals surface area contributed by atoms with Crippen molar-refractivity contribution < 1.29 is 13.2 Å². The summed E-state index contributed by atoms with van der Waals surface area (Å²) in [7, 11) is -3.61. The van der Waals surface area contributed by atoms with Gasteiger partial charge in [0.25, 0.3) is 5.91 Å². The summed E-state index contributed by atoms with van der Waals surface area (Å²) in [5.74, 6) is -0.366. The Morgan fingerprint density at radius 3 is 2.74 bits per heavy atom. The summed E-state index contributed by atoms with van der Waals surface area (Å²) < 4.78 is 28.0. The van der Waals surface area contributed by atoms with E-state index in [0.29, 0.717) is 9.60 Å². The zero-order chi connectivity index (χ0) is 19.0. The second-order valence-electron chi connectivity index (χ2n) is 6.94. The first-order valence-corrected chi connectivity index (χ1v) is 12.1. The van der Waals surface area contributed by atoms with Gasteiger partial charge in [-0.2, -0.15) is 0 Å². The molecule has 1 amide bonds. The Morgan fingerprint density at radius 2 is 1.96 bits per heavy atom. The van der Waals surface area contributed by atoms with E-state index in [1.807, 2.05) is 0 Å². The molecule has 0 atom stereocenters. The number of carbonyl (C=O) groups excluding carboxylic acids is 1. The molecule has 144 valence electrons. The van der Waals surface area contributed by atoms with Gasteiger partial charge in [-0.25, -0.2) is 18.1 Å². The first-order chi connectivity index (χ1) is 12.9. The van der Waals surface area contributed by atoms with Crippen molar-refractivity contribution >= 4 is 48.3 Å². The Morgan fingerprint density at radius 1 is 1.19 bits per heavy atom. The van der Waals surface area contributed by atoms with Gasteiger partial charge in [-0.1, -0.05) is 6.42 Å². The molecule has 0 aliphatic heterocycles. The lowest BCUT2D eigenvalue weighted by Crippen LogP contribution is -2.26. The molecule has 1 aromatic heterocycles. The summed E-state index contributed by atoms with van der Waals surface area (Å²) >= 11 is 4.86. The number of hydrogen-bond donors (Lipinski definition) is 2. The third kappa shape index (κ3) is 4.42.